The van der Waals surface area contributed by atoms with Crippen LogP contribution in [0.2, 0.25) is 0 Å². The minimum Gasteiger partial charge on any atom is -1.00 e. The van der Waals surface area contributed by atoms with Gasteiger partial charge in [-0.2, -0.15) is 0 Å². The number of fused-ring (bicyclic) bond motifs is 3. The fraction of sp³-hybridized carbons (Fsp3) is 0. The molecule has 2 N–H and O–H groups in total. The number of para-hydroxylation sites is 1. The quantitative estimate of drug-likeness (QED) is 0.584. The molecular weight excluding hydrogens is 287 g/mol. The molecule has 0 fully saturated rings. The van der Waals surface area contributed by atoms with Crippen LogP contribution in [0.1, 0.15) is 5.56 Å². The maximum atomic E-state index is 4.38. The van der Waals surface area contributed by atoms with Crippen LogP contribution in [0, 0.1) is 0 Å². The van der Waals surface area contributed by atoms with Crippen LogP contribution in [-0.2, 0) is 0 Å². The van der Waals surface area contributed by atoms with Gasteiger partial charge in [-0.15, -0.1) is 0 Å². The molecule has 2 aromatic rings. The molecule has 0 aliphatic carbocycles. The Morgan fingerprint density at radius 1 is 1.14 bits per heavy atom. The normalized spacial score (nSPS) is 12.6. The second-order valence-corrected chi connectivity index (χ2v) is 3.17. The molecule has 70 valence electrons. The maximum Gasteiger partial charge on any atom is 0.152 e. The molecule has 0 unspecified atom stereocenters. The molecule has 3 rings (SSSR count). The Morgan fingerprint density at radius 2 is 2.00 bits per heavy atom. The zero-order valence-electron chi connectivity index (χ0n) is 7.44. The van der Waals surface area contributed by atoms with Crippen molar-refractivity contribution in [2.45, 2.75) is 0 Å². The Labute approximate surface area is 99.1 Å². The first-order chi connectivity index (χ1) is 6.45. The molecule has 3 heteroatoms. The van der Waals surface area contributed by atoms with Crippen molar-refractivity contribution in [2.24, 2.45) is 0 Å². The fourth-order valence-electron chi connectivity index (χ4n) is 1.74. The third kappa shape index (κ3) is 1.33. The number of nitrogens with zero attached hydrogens (tertiary/aromatic N) is 1. The van der Waals surface area contributed by atoms with Gasteiger partial charge in [0.1, 0.15) is 0 Å². The van der Waals surface area contributed by atoms with E-state index in [-0.39, 0.29) is 24.0 Å². The highest BCUT2D eigenvalue weighted by molar-refractivity contribution is 5.92. The molecule has 0 spiro atoms. The van der Waals surface area contributed by atoms with Crippen molar-refractivity contribution >= 4 is 22.7 Å². The summed E-state index contributed by atoms with van der Waals surface area (Å²) >= 11 is 0. The molecule has 1 aromatic carbocycles. The lowest BCUT2D eigenvalue weighted by Gasteiger charge is -1.99. The van der Waals surface area contributed by atoms with E-state index in [0.29, 0.717) is 0 Å². The largest absolute Gasteiger partial charge is 1.00 e. The molecule has 1 aromatic heterocycles. The lowest BCUT2D eigenvalue weighted by atomic mass is 10.1. The third-order valence-electron chi connectivity index (χ3n) is 2.39. The SMILES string of the molecule is C1=Cc2cnc3ccccc3c2[NH2+]1.[I-]. The minimum atomic E-state index is 0. The van der Waals surface area contributed by atoms with Crippen LogP contribution < -0.4 is 29.3 Å². The standard InChI is InChI=1S/C11H8N2.HI/c1-2-4-10-9(3-1)11-8(7-13-10)5-6-12-11;/h1-7,12H;1H. The molecule has 2 nitrogen and oxygen atoms in total. The first-order valence-electron chi connectivity index (χ1n) is 4.34. The predicted octanol–water partition coefficient (Wildman–Crippen LogP) is -1.58. The number of hydrogen-bond acceptors (Lipinski definition) is 1. The molecule has 14 heavy (non-hydrogen) atoms. The average molecular weight is 296 g/mol. The van der Waals surface area contributed by atoms with Gasteiger partial charge >= 0.3 is 0 Å². The number of halogens is 1. The Hall–Kier alpha value is -0.940. The number of pyridine rings is 1. The van der Waals surface area contributed by atoms with Gasteiger partial charge in [0.2, 0.25) is 0 Å². The topological polar surface area (TPSA) is 29.5 Å². The van der Waals surface area contributed by atoms with Crippen molar-refractivity contribution in [1.82, 2.24) is 4.98 Å². The van der Waals surface area contributed by atoms with E-state index in [4.69, 9.17) is 0 Å². The molecule has 1 aliphatic rings. The van der Waals surface area contributed by atoms with Crippen molar-refractivity contribution in [2.75, 3.05) is 0 Å². The van der Waals surface area contributed by atoms with E-state index in [1.165, 1.54) is 16.6 Å². The van der Waals surface area contributed by atoms with Gasteiger partial charge in [0, 0.05) is 12.3 Å². The summed E-state index contributed by atoms with van der Waals surface area (Å²) in [5.74, 6) is 0. The number of rotatable bonds is 0. The molecule has 0 bridgehead atoms. The summed E-state index contributed by atoms with van der Waals surface area (Å²) in [7, 11) is 0. The average Bonchev–Trinajstić information content (AvgIpc) is 2.65. The summed E-state index contributed by atoms with van der Waals surface area (Å²) in [6.07, 6.45) is 6.09. The molecule has 0 atom stereocenters. The zero-order valence-corrected chi connectivity index (χ0v) is 9.60. The lowest BCUT2D eigenvalue weighted by Crippen LogP contribution is -3.00. The first-order valence-corrected chi connectivity index (χ1v) is 4.34. The monoisotopic (exact) mass is 296 g/mol. The molecule has 0 saturated heterocycles. The van der Waals surface area contributed by atoms with Gasteiger partial charge in [0.25, 0.3) is 0 Å². The van der Waals surface area contributed by atoms with Crippen molar-refractivity contribution in [3.05, 3.63) is 42.2 Å². The molecule has 0 radical (unpaired) electrons. The highest BCUT2D eigenvalue weighted by Crippen LogP contribution is 2.24. The van der Waals surface area contributed by atoms with E-state index in [9.17, 15) is 0 Å². The van der Waals surface area contributed by atoms with Crippen LogP contribution in [0.4, 0.5) is 5.69 Å². The zero-order chi connectivity index (χ0) is 8.67. The number of hydrogen-bond donors (Lipinski definition) is 1. The molecular formula is C11H9IN2. The van der Waals surface area contributed by atoms with Crippen molar-refractivity contribution in [3.8, 4) is 0 Å². The van der Waals surface area contributed by atoms with Crippen LogP contribution in [0.25, 0.3) is 17.0 Å². The molecule has 2 heterocycles. The second-order valence-electron chi connectivity index (χ2n) is 3.17. The first kappa shape index (κ1) is 9.61. The number of quaternary nitrogens is 1. The summed E-state index contributed by atoms with van der Waals surface area (Å²) in [4.78, 5) is 4.38. The van der Waals surface area contributed by atoms with E-state index >= 15 is 0 Å². The molecule has 1 aliphatic heterocycles. The maximum absolute atomic E-state index is 4.38. The van der Waals surface area contributed by atoms with Crippen molar-refractivity contribution in [1.29, 1.82) is 0 Å². The summed E-state index contributed by atoms with van der Waals surface area (Å²) in [6, 6.07) is 8.23. The van der Waals surface area contributed by atoms with E-state index in [2.05, 4.69) is 34.7 Å². The Morgan fingerprint density at radius 3 is 2.93 bits per heavy atom. The van der Waals surface area contributed by atoms with Gasteiger partial charge in [0.05, 0.1) is 22.7 Å². The minimum absolute atomic E-state index is 0. The summed E-state index contributed by atoms with van der Waals surface area (Å²) in [5, 5.41) is 3.38. The van der Waals surface area contributed by atoms with E-state index in [0.717, 1.165) is 5.52 Å². The third-order valence-corrected chi connectivity index (χ3v) is 2.39. The van der Waals surface area contributed by atoms with Gasteiger partial charge < -0.3 is 24.0 Å². The van der Waals surface area contributed by atoms with Crippen LogP contribution in [0.15, 0.2) is 36.7 Å². The van der Waals surface area contributed by atoms with Crippen LogP contribution in [-0.4, -0.2) is 4.98 Å². The number of benzene rings is 1. The van der Waals surface area contributed by atoms with Gasteiger partial charge in [-0.3, -0.25) is 10.3 Å². The fourth-order valence-corrected chi connectivity index (χ4v) is 1.74. The van der Waals surface area contributed by atoms with E-state index in [1.54, 1.807) is 0 Å². The Kier molecular flexibility index (Phi) is 2.52. The van der Waals surface area contributed by atoms with Crippen LogP contribution >= 0.6 is 0 Å². The highest BCUT2D eigenvalue weighted by Gasteiger charge is 2.13. The number of nitrogens with two attached hydrogens (primary N) is 1. The smallest absolute Gasteiger partial charge is 0.152 e. The Balaban J connectivity index is 0.000000750. The second kappa shape index (κ2) is 3.67. The predicted molar refractivity (Wildman–Crippen MR) is 52.4 cm³/mol. The van der Waals surface area contributed by atoms with E-state index < -0.39 is 0 Å². The van der Waals surface area contributed by atoms with Gasteiger partial charge in [-0.25, -0.2) is 0 Å². The van der Waals surface area contributed by atoms with Gasteiger partial charge in [-0.05, 0) is 12.1 Å². The van der Waals surface area contributed by atoms with Crippen molar-refractivity contribution in [3.63, 3.8) is 0 Å². The van der Waals surface area contributed by atoms with Crippen LogP contribution in [0.3, 0.4) is 0 Å². The summed E-state index contributed by atoms with van der Waals surface area (Å²) in [6.45, 7) is 0. The molecule has 0 saturated carbocycles. The van der Waals surface area contributed by atoms with Gasteiger partial charge in [-0.1, -0.05) is 12.1 Å². The highest BCUT2D eigenvalue weighted by atomic mass is 127. The van der Waals surface area contributed by atoms with E-state index in [1.807, 2.05) is 18.3 Å². The number of aromatic nitrogens is 1. The Bertz CT molecular complexity index is 506. The summed E-state index contributed by atoms with van der Waals surface area (Å²) < 4.78 is 0. The van der Waals surface area contributed by atoms with Crippen LogP contribution in [0.5, 0.6) is 0 Å². The lowest BCUT2D eigenvalue weighted by molar-refractivity contribution is -0.489. The molecule has 0 amide bonds. The summed E-state index contributed by atoms with van der Waals surface area (Å²) in [5.41, 5.74) is 3.59. The van der Waals surface area contributed by atoms with Gasteiger partial charge in [0.15, 0.2) is 5.69 Å². The van der Waals surface area contributed by atoms with Crippen molar-refractivity contribution < 1.29 is 29.3 Å².